The van der Waals surface area contributed by atoms with Crippen molar-refractivity contribution in [3.8, 4) is 6.01 Å². The lowest BCUT2D eigenvalue weighted by Crippen LogP contribution is -2.55. The fraction of sp³-hybridized carbons (Fsp3) is 0.733. The van der Waals surface area contributed by atoms with E-state index in [1.54, 1.807) is 14.2 Å². The second kappa shape index (κ2) is 6.25. The normalized spacial score (nSPS) is 29.9. The minimum atomic E-state index is -0.0539. The second-order valence-corrected chi connectivity index (χ2v) is 5.80. The van der Waals surface area contributed by atoms with Gasteiger partial charge >= 0.3 is 6.01 Å². The molecule has 1 aromatic rings. The Bertz CT molecular complexity index is 460. The first-order chi connectivity index (χ1) is 10.3. The number of aromatic nitrogens is 2. The maximum absolute atomic E-state index is 6.02. The van der Waals surface area contributed by atoms with Crippen LogP contribution in [0.5, 0.6) is 6.01 Å². The molecule has 2 fully saturated rings. The van der Waals surface area contributed by atoms with E-state index in [-0.39, 0.29) is 11.7 Å². The molecule has 6 nitrogen and oxygen atoms in total. The van der Waals surface area contributed by atoms with Gasteiger partial charge in [0.1, 0.15) is 0 Å². The van der Waals surface area contributed by atoms with Crippen molar-refractivity contribution < 1.29 is 14.2 Å². The van der Waals surface area contributed by atoms with Crippen LogP contribution >= 0.6 is 0 Å². The third-order valence-corrected chi connectivity index (χ3v) is 4.55. The van der Waals surface area contributed by atoms with Crippen molar-refractivity contribution in [2.45, 2.75) is 37.5 Å². The van der Waals surface area contributed by atoms with Crippen LogP contribution in [0.15, 0.2) is 12.4 Å². The van der Waals surface area contributed by atoms with Gasteiger partial charge in [0.2, 0.25) is 0 Å². The molecule has 0 amide bonds. The van der Waals surface area contributed by atoms with Crippen LogP contribution in [0.4, 0.5) is 0 Å². The number of likely N-dealkylation sites (tertiary alicyclic amines) is 1. The number of piperidine rings is 1. The Balaban J connectivity index is 1.62. The molecule has 6 heteroatoms. The second-order valence-electron chi connectivity index (χ2n) is 5.80. The monoisotopic (exact) mass is 293 g/mol. The molecule has 21 heavy (non-hydrogen) atoms. The molecule has 2 saturated heterocycles. The predicted molar refractivity (Wildman–Crippen MR) is 77.2 cm³/mol. The first-order valence-electron chi connectivity index (χ1n) is 7.50. The zero-order valence-electron chi connectivity index (χ0n) is 12.7. The van der Waals surface area contributed by atoms with Crippen LogP contribution < -0.4 is 4.74 Å². The first-order valence-corrected chi connectivity index (χ1v) is 7.50. The molecule has 0 aliphatic carbocycles. The van der Waals surface area contributed by atoms with Gasteiger partial charge in [-0.1, -0.05) is 0 Å². The van der Waals surface area contributed by atoms with Crippen LogP contribution in [0, 0.1) is 0 Å². The van der Waals surface area contributed by atoms with Gasteiger partial charge in [0, 0.05) is 51.3 Å². The van der Waals surface area contributed by atoms with Crippen LogP contribution in [0.3, 0.4) is 0 Å². The number of hydrogen-bond donors (Lipinski definition) is 0. The summed E-state index contributed by atoms with van der Waals surface area (Å²) in [5.41, 5.74) is 1.04. The maximum atomic E-state index is 6.02. The van der Waals surface area contributed by atoms with E-state index in [9.17, 15) is 0 Å². The molecule has 0 aromatic carbocycles. The van der Waals surface area contributed by atoms with Crippen LogP contribution in [0.2, 0.25) is 0 Å². The van der Waals surface area contributed by atoms with E-state index in [0.717, 1.165) is 51.1 Å². The van der Waals surface area contributed by atoms with Crippen molar-refractivity contribution in [3.63, 3.8) is 0 Å². The summed E-state index contributed by atoms with van der Waals surface area (Å²) in [6.07, 6.45) is 7.08. The molecule has 3 rings (SSSR count). The summed E-state index contributed by atoms with van der Waals surface area (Å²) in [4.78, 5) is 10.7. The summed E-state index contributed by atoms with van der Waals surface area (Å²) in [6, 6.07) is 0.408. The van der Waals surface area contributed by atoms with Crippen molar-refractivity contribution >= 4 is 0 Å². The standard InChI is InChI=1S/C15H23N3O3/c1-19-13-11-18(6-5-15(13)4-3-7-21-15)10-12-8-16-14(20-2)17-9-12/h8-9,13H,3-7,10-11H2,1-2H3/t13-,15-/m0/s1. The van der Waals surface area contributed by atoms with Gasteiger partial charge in [-0.15, -0.1) is 0 Å². The molecule has 1 aromatic heterocycles. The highest BCUT2D eigenvalue weighted by molar-refractivity contribution is 5.08. The Hall–Kier alpha value is -1.24. The molecule has 0 radical (unpaired) electrons. The SMILES string of the molecule is COc1ncc(CN2CC[C@@]3(CCCO3)[C@@H](OC)C2)cn1. The van der Waals surface area contributed by atoms with Gasteiger partial charge in [0.15, 0.2) is 0 Å². The van der Waals surface area contributed by atoms with Crippen molar-refractivity contribution in [1.29, 1.82) is 0 Å². The highest BCUT2D eigenvalue weighted by Gasteiger charge is 2.46. The third kappa shape index (κ3) is 3.02. The molecule has 2 aliphatic heterocycles. The number of rotatable bonds is 4. The highest BCUT2D eigenvalue weighted by atomic mass is 16.5. The summed E-state index contributed by atoms with van der Waals surface area (Å²) in [7, 11) is 3.36. The fourth-order valence-electron chi connectivity index (χ4n) is 3.39. The Kier molecular flexibility index (Phi) is 4.37. The van der Waals surface area contributed by atoms with Gasteiger partial charge < -0.3 is 14.2 Å². The van der Waals surface area contributed by atoms with Crippen molar-refractivity contribution in [2.75, 3.05) is 33.9 Å². The maximum Gasteiger partial charge on any atom is 0.316 e. The lowest BCUT2D eigenvalue weighted by molar-refractivity contribution is -0.143. The largest absolute Gasteiger partial charge is 0.467 e. The zero-order chi connectivity index (χ0) is 14.7. The summed E-state index contributed by atoms with van der Waals surface area (Å²) in [6.45, 7) is 3.61. The summed E-state index contributed by atoms with van der Waals surface area (Å²) in [5.74, 6) is 0. The minimum absolute atomic E-state index is 0.0539. The van der Waals surface area contributed by atoms with E-state index >= 15 is 0 Å². The average Bonchev–Trinajstić information content (AvgIpc) is 2.99. The molecule has 0 N–H and O–H groups in total. The Morgan fingerprint density at radius 1 is 1.33 bits per heavy atom. The van der Waals surface area contributed by atoms with Crippen LogP contribution in [-0.4, -0.2) is 60.5 Å². The molecule has 0 bridgehead atoms. The highest BCUT2D eigenvalue weighted by Crippen LogP contribution is 2.37. The van der Waals surface area contributed by atoms with Crippen LogP contribution in [-0.2, 0) is 16.0 Å². The molecule has 0 unspecified atom stereocenters. The topological polar surface area (TPSA) is 56.7 Å². The lowest BCUT2D eigenvalue weighted by atomic mass is 9.85. The van der Waals surface area contributed by atoms with E-state index in [1.165, 1.54) is 0 Å². The van der Waals surface area contributed by atoms with Crippen LogP contribution in [0.1, 0.15) is 24.8 Å². The van der Waals surface area contributed by atoms with E-state index in [4.69, 9.17) is 14.2 Å². The smallest absolute Gasteiger partial charge is 0.316 e. The van der Waals surface area contributed by atoms with Gasteiger partial charge in [0.05, 0.1) is 18.8 Å². The van der Waals surface area contributed by atoms with Crippen molar-refractivity contribution in [2.24, 2.45) is 0 Å². The van der Waals surface area contributed by atoms with E-state index in [2.05, 4.69) is 14.9 Å². The van der Waals surface area contributed by atoms with Crippen molar-refractivity contribution in [1.82, 2.24) is 14.9 Å². The predicted octanol–water partition coefficient (Wildman–Crippen LogP) is 1.26. The third-order valence-electron chi connectivity index (χ3n) is 4.55. The first kappa shape index (κ1) is 14.7. The van der Waals surface area contributed by atoms with Crippen molar-refractivity contribution in [3.05, 3.63) is 18.0 Å². The fourth-order valence-corrected chi connectivity index (χ4v) is 3.39. The number of ether oxygens (including phenoxy) is 3. The van der Waals surface area contributed by atoms with Gasteiger partial charge in [-0.05, 0) is 19.3 Å². The molecule has 0 saturated carbocycles. The zero-order valence-corrected chi connectivity index (χ0v) is 12.7. The van der Waals surface area contributed by atoms with Gasteiger partial charge in [0.25, 0.3) is 0 Å². The molecular formula is C15H23N3O3. The van der Waals surface area contributed by atoms with E-state index in [1.807, 2.05) is 12.4 Å². The molecule has 116 valence electrons. The summed E-state index contributed by atoms with van der Waals surface area (Å²) < 4.78 is 16.7. The average molecular weight is 293 g/mol. The van der Waals surface area contributed by atoms with Crippen LogP contribution in [0.25, 0.3) is 0 Å². The number of methoxy groups -OCH3 is 2. The minimum Gasteiger partial charge on any atom is -0.467 e. The Labute approximate surface area is 125 Å². The molecule has 2 atom stereocenters. The summed E-state index contributed by atoms with van der Waals surface area (Å²) >= 11 is 0. The van der Waals surface area contributed by atoms with Gasteiger partial charge in [-0.2, -0.15) is 0 Å². The number of hydrogen-bond acceptors (Lipinski definition) is 6. The van der Waals surface area contributed by atoms with Gasteiger partial charge in [-0.25, -0.2) is 9.97 Å². The number of nitrogens with zero attached hydrogens (tertiary/aromatic N) is 3. The molecule has 2 aliphatic rings. The van der Waals surface area contributed by atoms with E-state index in [0.29, 0.717) is 6.01 Å². The molecular weight excluding hydrogens is 270 g/mol. The van der Waals surface area contributed by atoms with Gasteiger partial charge in [-0.3, -0.25) is 4.90 Å². The molecule has 3 heterocycles. The Morgan fingerprint density at radius 3 is 2.76 bits per heavy atom. The lowest BCUT2D eigenvalue weighted by Gasteiger charge is -2.44. The molecule has 1 spiro atoms. The quantitative estimate of drug-likeness (QED) is 0.833. The summed E-state index contributed by atoms with van der Waals surface area (Å²) in [5, 5.41) is 0. The Morgan fingerprint density at radius 2 is 2.14 bits per heavy atom. The van der Waals surface area contributed by atoms with E-state index < -0.39 is 0 Å².